The van der Waals surface area contributed by atoms with Crippen molar-refractivity contribution in [2.45, 2.75) is 290 Å². The Kier molecular flexibility index (Phi) is 64.7. The summed E-state index contributed by atoms with van der Waals surface area (Å²) in [4.78, 5) is 0. The molecule has 8 aliphatic rings. The van der Waals surface area contributed by atoms with Gasteiger partial charge in [-0.2, -0.15) is 18.2 Å². The second kappa shape index (κ2) is 65.9. The molecule has 0 aliphatic heterocycles. The average Bonchev–Trinajstić information content (AvgIpc) is 1.73. The molecule has 0 radical (unpaired) electrons. The third-order valence-electron chi connectivity index (χ3n) is 24.0. The van der Waals surface area contributed by atoms with Gasteiger partial charge in [-0.05, 0) is 215 Å². The molecule has 6 unspecified atom stereocenters. The normalized spacial score (nSPS) is 19.7. The van der Waals surface area contributed by atoms with Gasteiger partial charge in [0.05, 0.1) is 72.4 Å². The van der Waals surface area contributed by atoms with Gasteiger partial charge in [0.25, 0.3) is 0 Å². The minimum atomic E-state index is -0.770. The second-order valence-corrected chi connectivity index (χ2v) is 43.3. The van der Waals surface area contributed by atoms with E-state index in [1.54, 1.807) is 112 Å². The van der Waals surface area contributed by atoms with Crippen LogP contribution in [0, 0.1) is 60.0 Å². The van der Waals surface area contributed by atoms with Crippen molar-refractivity contribution in [3.8, 4) is 17.4 Å². The van der Waals surface area contributed by atoms with Gasteiger partial charge in [0.1, 0.15) is 5.75 Å². The summed E-state index contributed by atoms with van der Waals surface area (Å²) < 4.78 is 9.79. The maximum absolute atomic E-state index is 6.69. The van der Waals surface area contributed by atoms with Crippen LogP contribution >= 0.6 is 53.5 Å². The molecule has 0 amide bonds. The van der Waals surface area contributed by atoms with Crippen molar-refractivity contribution < 1.29 is 74.7 Å². The molecule has 13 heteroatoms. The van der Waals surface area contributed by atoms with Crippen molar-refractivity contribution in [3.05, 3.63) is 253 Å². The predicted octanol–water partition coefficient (Wildman–Crippen LogP) is 28.9. The van der Waals surface area contributed by atoms with E-state index >= 15 is 0 Å². The van der Waals surface area contributed by atoms with Gasteiger partial charge < -0.3 is 51.8 Å². The number of methoxy groups -OCH3 is 2. The van der Waals surface area contributed by atoms with Gasteiger partial charge in [0.15, 0.2) is 0 Å². The summed E-state index contributed by atoms with van der Waals surface area (Å²) >= 11 is 8.99. The van der Waals surface area contributed by atoms with Crippen molar-refractivity contribution in [1.82, 2.24) is 6.15 Å². The van der Waals surface area contributed by atoms with E-state index in [4.69, 9.17) is 27.5 Å². The van der Waals surface area contributed by atoms with E-state index in [0.717, 1.165) is 74.2 Å². The molecular formula is C98H145Cl2Fe2NNi2O2P4+. The van der Waals surface area contributed by atoms with Crippen LogP contribution in [0.25, 0.3) is 0 Å². The summed E-state index contributed by atoms with van der Waals surface area (Å²) in [6, 6.07) is 73.4. The molecule has 623 valence electrons. The molecule has 15 rings (SSSR count). The number of ether oxygens (including phenoxy) is 2. The number of hydrogen-bond donors (Lipinski definition) is 1. The largest absolute Gasteiger partial charge is 2.00 e. The van der Waals surface area contributed by atoms with Crippen LogP contribution in [-0.2, 0) is 65.2 Å². The maximum atomic E-state index is 6.69. The van der Waals surface area contributed by atoms with Crippen LogP contribution in [0.4, 0.5) is 0 Å². The second-order valence-electron chi connectivity index (χ2n) is 30.6. The molecule has 7 aromatic rings. The topological polar surface area (TPSA) is 53.5 Å². The summed E-state index contributed by atoms with van der Waals surface area (Å²) in [6.07, 6.45) is 61.7. The van der Waals surface area contributed by atoms with Gasteiger partial charge >= 0.3 is 58.9 Å². The first-order valence-corrected chi connectivity index (χ1v) is 49.0. The van der Waals surface area contributed by atoms with E-state index in [1.807, 2.05) is 66.7 Å². The molecule has 0 aromatic heterocycles. The van der Waals surface area contributed by atoms with E-state index in [0.29, 0.717) is 5.02 Å². The number of benzene rings is 7. The van der Waals surface area contributed by atoms with Crippen LogP contribution in [-0.4, -0.2) is 59.5 Å². The van der Waals surface area contributed by atoms with Crippen LogP contribution < -0.4 is 36.8 Å². The molecular weight excluding hydrogens is 1650 g/mol. The third kappa shape index (κ3) is 37.4. The molecule has 111 heavy (non-hydrogen) atoms. The first-order valence-electron chi connectivity index (χ1n) is 40.8. The molecule has 8 saturated carbocycles. The number of halogens is 2. The monoisotopic (exact) mass is 1790 g/mol. The Morgan fingerprint density at radius 1 is 0.414 bits per heavy atom. The Morgan fingerprint density at radius 2 is 0.739 bits per heavy atom. The molecule has 3 N–H and O–H groups in total. The Morgan fingerprint density at radius 3 is 1.05 bits per heavy atom. The fraction of sp³-hybridized carbons (Fsp3) is 0.510. The molecule has 8 fully saturated rings. The Balaban J connectivity index is 0.00000143. The molecule has 7 aromatic carbocycles. The Hall–Kier alpha value is -2.01. The summed E-state index contributed by atoms with van der Waals surface area (Å²) in [5.41, 5.74) is 9.14. The molecule has 8 aliphatic carbocycles. The van der Waals surface area contributed by atoms with Gasteiger partial charge in [-0.15, -0.1) is 29.8 Å². The fourth-order valence-electron chi connectivity index (χ4n) is 19.1. The van der Waals surface area contributed by atoms with Gasteiger partial charge in [0, 0.05) is 54.9 Å². The Bertz CT molecular complexity index is 3010. The fourth-order valence-corrected chi connectivity index (χ4v) is 37.0. The molecule has 0 bridgehead atoms. The van der Waals surface area contributed by atoms with E-state index < -0.39 is 7.92 Å². The van der Waals surface area contributed by atoms with Crippen LogP contribution in [0.5, 0.6) is 11.5 Å². The van der Waals surface area contributed by atoms with Crippen LogP contribution in [0.3, 0.4) is 0 Å². The molecule has 0 heterocycles. The van der Waals surface area contributed by atoms with E-state index in [-0.39, 0.29) is 110 Å². The minimum Gasteiger partial charge on any atom is 0 e. The van der Waals surface area contributed by atoms with Crippen LogP contribution in [0.15, 0.2) is 200 Å². The minimum absolute atomic E-state index is 0. The van der Waals surface area contributed by atoms with Gasteiger partial charge in [-0.25, -0.2) is 0 Å². The molecule has 0 spiro atoms. The molecule has 0 saturated heterocycles. The average molecular weight is 1790 g/mol. The van der Waals surface area contributed by atoms with Crippen LogP contribution in [0.1, 0.15) is 251 Å². The van der Waals surface area contributed by atoms with Crippen molar-refractivity contribution in [3.63, 3.8) is 0 Å². The van der Waals surface area contributed by atoms with Crippen molar-refractivity contribution in [2.24, 2.45) is 11.8 Å². The maximum Gasteiger partial charge on any atom is 2.00 e. The summed E-state index contributed by atoms with van der Waals surface area (Å²) in [7, 11) is 5.86. The first kappa shape index (κ1) is 109. The van der Waals surface area contributed by atoms with E-state index in [9.17, 15) is 0 Å². The number of rotatable bonds is 16. The zero-order valence-corrected chi connectivity index (χ0v) is 78.9. The van der Waals surface area contributed by atoms with Gasteiger partial charge in [-0.3, -0.25) is 5.92 Å². The SMILES string of the molecule is C1CCCC1.C1CCCC1.CC(C1CCCC1[PH+](C1CCCCC1)C1CCCCC1)P(c1ccccc1)c1ccccc1.CC(C1CCCC1[PH+](C1CCCCC1)C1CCCCC1)[PH+](c1ccccc1)c1ccccc1.COc1c[c-]ccc1.COc1cccc(Cl)c1.N.[C-]#Cc1ccccc1.[CH3-].[CH3-].[CH3-].[CH3-].[Cl][Ni].[Fe+2].[Fe+2].[Ni]. The quantitative estimate of drug-likeness (QED) is 0.0454. The molecule has 6 atom stereocenters. The number of hydrogen-bond acceptors (Lipinski definition) is 3. The van der Waals surface area contributed by atoms with Crippen molar-refractivity contribution >= 4 is 74.7 Å². The summed E-state index contributed by atoms with van der Waals surface area (Å²) in [5.74, 6) is 5.85. The third-order valence-corrected chi connectivity index (χ3v) is 39.6. The predicted molar refractivity (Wildman–Crippen MR) is 490 cm³/mol. The summed E-state index contributed by atoms with van der Waals surface area (Å²) in [5, 5.41) is 7.17. The molecule has 3 nitrogen and oxygen atoms in total. The Labute approximate surface area is 735 Å². The van der Waals surface area contributed by atoms with E-state index in [2.05, 4.69) is 172 Å². The van der Waals surface area contributed by atoms with Crippen molar-refractivity contribution in [2.75, 3.05) is 14.2 Å². The standard InChI is InChI=1S/2C31H44P2.C8H5.C7H7ClO.C7H7O.2C5H10.4CH3.ClH.2Fe.H3N.2Ni/c2*1-25(32(26-15-6-2-7-16-26)27-17-8-3-9-18-27)30-23-14-24-31(30)33(28-19-10-4-11-20-28)29-21-12-5-13-22-29;1-2-8-6-4-3-5-7-8;1-9-7-4-2-3-6(8)5-7;1-8-7-5-3-2-4-6-7;2*1-2-4-5-3-1;;;;;;;;;;/h2*2-3,6-9,15-18,25,28-31H,4-5,10-14,19-24H2,1H3;3-7H;2-5H,1H3;2-3,5-6H,1H3;2*1-5H2;4*1H3;1H;;;1H3;;/q;;-1;;-1;;;4*-1;;2*+2;;;+1/p+2. The van der Waals surface area contributed by atoms with Gasteiger partial charge in [-0.1, -0.05) is 230 Å². The van der Waals surface area contributed by atoms with Gasteiger partial charge in [0.2, 0.25) is 0 Å². The zero-order valence-electron chi connectivity index (χ0n) is 69.3. The summed E-state index contributed by atoms with van der Waals surface area (Å²) in [6.45, 7) is 5.34. The van der Waals surface area contributed by atoms with E-state index in [1.165, 1.54) is 167 Å². The van der Waals surface area contributed by atoms with Crippen LogP contribution in [0.2, 0.25) is 5.02 Å². The van der Waals surface area contributed by atoms with Crippen molar-refractivity contribution in [1.29, 1.82) is 0 Å². The zero-order chi connectivity index (χ0) is 72.3. The smallest absolute Gasteiger partial charge is 0 e. The first-order chi connectivity index (χ1) is 50.8.